The van der Waals surface area contributed by atoms with Crippen LogP contribution in [0.15, 0.2) is 40.9 Å². The number of anilines is 1. The molecule has 3 atom stereocenters. The van der Waals surface area contributed by atoms with E-state index in [-0.39, 0.29) is 12.7 Å². The fourth-order valence-corrected chi connectivity index (χ4v) is 3.13. The molecule has 2 N–H and O–H groups in total. The van der Waals surface area contributed by atoms with E-state index >= 15 is 0 Å². The van der Waals surface area contributed by atoms with Crippen LogP contribution >= 0.6 is 0 Å². The van der Waals surface area contributed by atoms with Crippen molar-refractivity contribution in [3.8, 4) is 11.6 Å². The summed E-state index contributed by atoms with van der Waals surface area (Å²) >= 11 is 0. The van der Waals surface area contributed by atoms with Gasteiger partial charge in [-0.15, -0.1) is 0 Å². The Balaban J connectivity index is 1.58. The topological polar surface area (TPSA) is 91.9 Å². The SMILES string of the molecule is CN(C)c1ccc2nc(-c3ccc([C@H]4C[C@@H](O)[C@@H](CO)O4)cn3)oc2c1. The van der Waals surface area contributed by atoms with Crippen LogP contribution in [0, 0.1) is 0 Å². The second-order valence-corrected chi connectivity index (χ2v) is 6.69. The number of hydrogen-bond acceptors (Lipinski definition) is 7. The van der Waals surface area contributed by atoms with Gasteiger partial charge in [-0.1, -0.05) is 6.07 Å². The van der Waals surface area contributed by atoms with Gasteiger partial charge in [0.1, 0.15) is 17.3 Å². The first-order valence-electron chi connectivity index (χ1n) is 8.54. The molecular weight excluding hydrogens is 334 g/mol. The molecule has 0 aliphatic carbocycles. The predicted molar refractivity (Wildman–Crippen MR) is 96.9 cm³/mol. The van der Waals surface area contributed by atoms with Gasteiger partial charge in [-0.05, 0) is 23.8 Å². The van der Waals surface area contributed by atoms with Gasteiger partial charge in [-0.2, -0.15) is 0 Å². The number of ether oxygens (including phenoxy) is 1. The van der Waals surface area contributed by atoms with E-state index < -0.39 is 12.2 Å². The fourth-order valence-electron chi connectivity index (χ4n) is 3.13. The Labute approximate surface area is 150 Å². The van der Waals surface area contributed by atoms with Crippen LogP contribution < -0.4 is 4.90 Å². The molecule has 4 rings (SSSR count). The lowest BCUT2D eigenvalue weighted by molar-refractivity contribution is -0.0226. The molecule has 2 aromatic heterocycles. The number of benzene rings is 1. The molecule has 0 unspecified atom stereocenters. The van der Waals surface area contributed by atoms with Crippen LogP contribution in [0.3, 0.4) is 0 Å². The number of aliphatic hydroxyl groups is 2. The maximum atomic E-state index is 9.86. The molecule has 26 heavy (non-hydrogen) atoms. The van der Waals surface area contributed by atoms with Crippen molar-refractivity contribution < 1.29 is 19.4 Å². The average Bonchev–Trinajstić information content (AvgIpc) is 3.24. The number of nitrogens with zero attached hydrogens (tertiary/aromatic N) is 3. The maximum absolute atomic E-state index is 9.86. The zero-order valence-corrected chi connectivity index (χ0v) is 14.7. The molecule has 7 nitrogen and oxygen atoms in total. The number of fused-ring (bicyclic) bond motifs is 1. The summed E-state index contributed by atoms with van der Waals surface area (Å²) in [6.45, 7) is -0.193. The van der Waals surface area contributed by atoms with Gasteiger partial charge in [0.2, 0.25) is 5.89 Å². The van der Waals surface area contributed by atoms with E-state index in [4.69, 9.17) is 9.15 Å². The first kappa shape index (κ1) is 17.0. The van der Waals surface area contributed by atoms with Crippen molar-refractivity contribution in [2.75, 3.05) is 25.6 Å². The Morgan fingerprint density at radius 2 is 2.08 bits per heavy atom. The Morgan fingerprint density at radius 1 is 1.23 bits per heavy atom. The molecule has 3 aromatic rings. The van der Waals surface area contributed by atoms with E-state index in [0.717, 1.165) is 16.8 Å². The van der Waals surface area contributed by atoms with Gasteiger partial charge in [-0.25, -0.2) is 4.98 Å². The summed E-state index contributed by atoms with van der Waals surface area (Å²) in [5.74, 6) is 0.461. The summed E-state index contributed by atoms with van der Waals surface area (Å²) in [4.78, 5) is 10.9. The van der Waals surface area contributed by atoms with Crippen LogP contribution in [0.5, 0.6) is 0 Å². The van der Waals surface area contributed by atoms with Gasteiger partial charge in [-0.3, -0.25) is 4.98 Å². The van der Waals surface area contributed by atoms with Crippen molar-refractivity contribution in [2.45, 2.75) is 24.7 Å². The van der Waals surface area contributed by atoms with Gasteiger partial charge < -0.3 is 24.3 Å². The third-order valence-electron chi connectivity index (χ3n) is 4.67. The Hall–Kier alpha value is -2.48. The highest BCUT2D eigenvalue weighted by Crippen LogP contribution is 2.33. The lowest BCUT2D eigenvalue weighted by atomic mass is 10.1. The van der Waals surface area contributed by atoms with E-state index in [1.807, 2.05) is 49.3 Å². The zero-order chi connectivity index (χ0) is 18.3. The molecule has 1 aromatic carbocycles. The van der Waals surface area contributed by atoms with Crippen LogP contribution in [0.25, 0.3) is 22.7 Å². The number of hydrogen-bond donors (Lipinski definition) is 2. The number of aliphatic hydroxyl groups excluding tert-OH is 2. The minimum absolute atomic E-state index is 0.193. The van der Waals surface area contributed by atoms with Gasteiger partial charge in [0.15, 0.2) is 5.58 Å². The van der Waals surface area contributed by atoms with Gasteiger partial charge in [0.05, 0.1) is 18.8 Å². The smallest absolute Gasteiger partial charge is 0.246 e. The van der Waals surface area contributed by atoms with Crippen molar-refractivity contribution in [2.24, 2.45) is 0 Å². The van der Waals surface area contributed by atoms with Crippen molar-refractivity contribution >= 4 is 16.8 Å². The van der Waals surface area contributed by atoms with E-state index in [1.54, 1.807) is 6.20 Å². The van der Waals surface area contributed by atoms with Gasteiger partial charge in [0.25, 0.3) is 0 Å². The summed E-state index contributed by atoms with van der Waals surface area (Å²) in [5.41, 5.74) is 4.02. The molecule has 0 spiro atoms. The van der Waals surface area contributed by atoms with Crippen molar-refractivity contribution in [1.82, 2.24) is 9.97 Å². The molecule has 0 saturated carbocycles. The summed E-state index contributed by atoms with van der Waals surface area (Å²) in [5, 5.41) is 19.1. The van der Waals surface area contributed by atoms with Crippen molar-refractivity contribution in [3.05, 3.63) is 42.1 Å². The molecule has 0 amide bonds. The molecular formula is C19H21N3O4. The van der Waals surface area contributed by atoms with E-state index in [2.05, 4.69) is 9.97 Å². The standard InChI is InChI=1S/C19H21N3O4/c1-22(2)12-4-6-13-17(7-12)26-19(21-13)14-5-3-11(9-20-14)16-8-15(24)18(10-23)25-16/h3-7,9,15-16,18,23-24H,8,10H2,1-2H3/t15-,16-,18-/m1/s1. The monoisotopic (exact) mass is 355 g/mol. The second-order valence-electron chi connectivity index (χ2n) is 6.69. The molecule has 3 heterocycles. The number of pyridine rings is 1. The summed E-state index contributed by atoms with van der Waals surface area (Å²) < 4.78 is 11.5. The summed E-state index contributed by atoms with van der Waals surface area (Å²) in [6, 6.07) is 9.58. The normalized spacial score (nSPS) is 22.8. The molecule has 136 valence electrons. The van der Waals surface area contributed by atoms with Crippen LogP contribution in [-0.4, -0.2) is 53.1 Å². The van der Waals surface area contributed by atoms with Gasteiger partial charge in [0, 0.05) is 38.5 Å². The summed E-state index contributed by atoms with van der Waals surface area (Å²) in [6.07, 6.45) is 0.680. The van der Waals surface area contributed by atoms with Crippen LogP contribution in [0.2, 0.25) is 0 Å². The van der Waals surface area contributed by atoms with E-state index in [0.29, 0.717) is 23.6 Å². The third-order valence-corrected chi connectivity index (χ3v) is 4.67. The minimum atomic E-state index is -0.660. The Bertz CT molecular complexity index is 907. The van der Waals surface area contributed by atoms with Crippen LogP contribution in [0.4, 0.5) is 5.69 Å². The number of oxazole rings is 1. The predicted octanol–water partition coefficient (Wildman–Crippen LogP) is 2.14. The Kier molecular flexibility index (Phi) is 4.36. The fraction of sp³-hybridized carbons (Fsp3) is 0.368. The average molecular weight is 355 g/mol. The second kappa shape index (κ2) is 6.68. The van der Waals surface area contributed by atoms with E-state index in [1.165, 1.54) is 0 Å². The molecule has 1 aliphatic heterocycles. The molecule has 1 fully saturated rings. The molecule has 1 aliphatic rings. The van der Waals surface area contributed by atoms with Gasteiger partial charge >= 0.3 is 0 Å². The Morgan fingerprint density at radius 3 is 2.73 bits per heavy atom. The summed E-state index contributed by atoms with van der Waals surface area (Å²) in [7, 11) is 3.95. The highest BCUT2D eigenvalue weighted by Gasteiger charge is 2.34. The maximum Gasteiger partial charge on any atom is 0.246 e. The molecule has 0 radical (unpaired) electrons. The lowest BCUT2D eigenvalue weighted by Gasteiger charge is -2.12. The lowest BCUT2D eigenvalue weighted by Crippen LogP contribution is -2.24. The quantitative estimate of drug-likeness (QED) is 0.741. The number of aromatic nitrogens is 2. The van der Waals surface area contributed by atoms with Crippen molar-refractivity contribution in [1.29, 1.82) is 0 Å². The molecule has 7 heteroatoms. The first-order chi connectivity index (χ1) is 12.5. The zero-order valence-electron chi connectivity index (χ0n) is 14.7. The van der Waals surface area contributed by atoms with Crippen LogP contribution in [0.1, 0.15) is 18.1 Å². The molecule has 1 saturated heterocycles. The van der Waals surface area contributed by atoms with Crippen LogP contribution in [-0.2, 0) is 4.74 Å². The first-order valence-corrected chi connectivity index (χ1v) is 8.54. The third kappa shape index (κ3) is 3.05. The minimum Gasteiger partial charge on any atom is -0.435 e. The highest BCUT2D eigenvalue weighted by atomic mass is 16.5. The van der Waals surface area contributed by atoms with Crippen molar-refractivity contribution in [3.63, 3.8) is 0 Å². The number of rotatable bonds is 4. The highest BCUT2D eigenvalue weighted by molar-refractivity contribution is 5.79. The molecule has 0 bridgehead atoms. The largest absolute Gasteiger partial charge is 0.435 e. The van der Waals surface area contributed by atoms with E-state index in [9.17, 15) is 10.2 Å².